The van der Waals surface area contributed by atoms with E-state index in [1.54, 1.807) is 14.0 Å². The molecule has 0 saturated carbocycles. The molecule has 1 rings (SSSR count). The molecule has 1 aromatic carbocycles. The predicted octanol–water partition coefficient (Wildman–Crippen LogP) is 4.07. The second kappa shape index (κ2) is 7.62. The van der Waals surface area contributed by atoms with Crippen LogP contribution in [0.1, 0.15) is 38.8 Å². The van der Waals surface area contributed by atoms with E-state index in [2.05, 4.69) is 61.7 Å². The SMILES string of the molecule is C=NC=N/C(OCc1ccc(C(C)(C)C)cc1)=C(\C)OC. The minimum absolute atomic E-state index is 0.150. The molecule has 0 atom stereocenters. The van der Waals surface area contributed by atoms with E-state index in [4.69, 9.17) is 9.47 Å². The highest BCUT2D eigenvalue weighted by Gasteiger charge is 2.13. The molecule has 0 aromatic heterocycles. The van der Waals surface area contributed by atoms with Crippen LogP contribution >= 0.6 is 0 Å². The van der Waals surface area contributed by atoms with Gasteiger partial charge in [-0.2, -0.15) is 4.99 Å². The number of hydrogen-bond donors (Lipinski definition) is 0. The smallest absolute Gasteiger partial charge is 0.254 e. The van der Waals surface area contributed by atoms with Gasteiger partial charge in [-0.25, -0.2) is 0 Å². The molecular weight excluding hydrogens is 264 g/mol. The van der Waals surface area contributed by atoms with E-state index < -0.39 is 0 Å². The minimum Gasteiger partial charge on any atom is -0.496 e. The lowest BCUT2D eigenvalue weighted by atomic mass is 9.87. The van der Waals surface area contributed by atoms with Gasteiger partial charge in [0.15, 0.2) is 5.76 Å². The van der Waals surface area contributed by atoms with Crippen molar-refractivity contribution in [1.82, 2.24) is 0 Å². The maximum atomic E-state index is 5.68. The van der Waals surface area contributed by atoms with Crippen LogP contribution in [-0.4, -0.2) is 20.2 Å². The van der Waals surface area contributed by atoms with Crippen LogP contribution < -0.4 is 0 Å². The highest BCUT2D eigenvalue weighted by molar-refractivity contribution is 5.63. The zero-order valence-corrected chi connectivity index (χ0v) is 13.5. The third-order valence-corrected chi connectivity index (χ3v) is 3.06. The Morgan fingerprint density at radius 1 is 1.24 bits per heavy atom. The van der Waals surface area contributed by atoms with Gasteiger partial charge in [0, 0.05) is 0 Å². The minimum atomic E-state index is 0.150. The molecule has 0 unspecified atom stereocenters. The molecule has 0 heterocycles. The lowest BCUT2D eigenvalue weighted by Gasteiger charge is -2.19. The zero-order chi connectivity index (χ0) is 15.9. The van der Waals surface area contributed by atoms with Gasteiger partial charge in [0.1, 0.15) is 12.9 Å². The first kappa shape index (κ1) is 17.0. The Morgan fingerprint density at radius 2 is 1.86 bits per heavy atom. The third-order valence-electron chi connectivity index (χ3n) is 3.06. The molecule has 4 heteroatoms. The second-order valence-electron chi connectivity index (χ2n) is 5.73. The number of hydrogen-bond acceptors (Lipinski definition) is 3. The number of allylic oxidation sites excluding steroid dienone is 1. The number of methoxy groups -OCH3 is 1. The van der Waals surface area contributed by atoms with Crippen LogP contribution in [-0.2, 0) is 21.5 Å². The van der Waals surface area contributed by atoms with Crippen molar-refractivity contribution in [3.8, 4) is 0 Å². The summed E-state index contributed by atoms with van der Waals surface area (Å²) in [5, 5.41) is 0. The Morgan fingerprint density at radius 3 is 2.33 bits per heavy atom. The monoisotopic (exact) mass is 288 g/mol. The van der Waals surface area contributed by atoms with Gasteiger partial charge in [0.25, 0.3) is 5.88 Å². The van der Waals surface area contributed by atoms with Gasteiger partial charge in [-0.15, -0.1) is 0 Å². The summed E-state index contributed by atoms with van der Waals surface area (Å²) in [5.74, 6) is 1.01. The van der Waals surface area contributed by atoms with Gasteiger partial charge in [-0.1, -0.05) is 45.0 Å². The van der Waals surface area contributed by atoms with E-state index in [1.165, 1.54) is 11.9 Å². The fourth-order valence-corrected chi connectivity index (χ4v) is 1.66. The fourth-order valence-electron chi connectivity index (χ4n) is 1.66. The topological polar surface area (TPSA) is 43.2 Å². The first-order valence-corrected chi connectivity index (χ1v) is 6.84. The van der Waals surface area contributed by atoms with Crippen LogP contribution in [0.2, 0.25) is 0 Å². The Hall–Kier alpha value is -2.10. The van der Waals surface area contributed by atoms with Gasteiger partial charge in [0.2, 0.25) is 0 Å². The fraction of sp³-hybridized carbons (Fsp3) is 0.412. The van der Waals surface area contributed by atoms with Crippen molar-refractivity contribution in [2.24, 2.45) is 9.98 Å². The summed E-state index contributed by atoms with van der Waals surface area (Å²) < 4.78 is 10.8. The van der Waals surface area contributed by atoms with E-state index in [-0.39, 0.29) is 5.41 Å². The summed E-state index contributed by atoms with van der Waals surface area (Å²) in [6, 6.07) is 8.38. The normalized spacial score (nSPS) is 13.0. The van der Waals surface area contributed by atoms with Crippen LogP contribution in [0.5, 0.6) is 0 Å². The summed E-state index contributed by atoms with van der Waals surface area (Å²) in [6.45, 7) is 12.1. The van der Waals surface area contributed by atoms with E-state index in [0.717, 1.165) is 5.56 Å². The van der Waals surface area contributed by atoms with Crippen molar-refractivity contribution >= 4 is 13.1 Å². The van der Waals surface area contributed by atoms with Crippen LogP contribution in [0.25, 0.3) is 0 Å². The van der Waals surface area contributed by atoms with Crippen LogP contribution in [0, 0.1) is 0 Å². The average Bonchev–Trinajstić information content (AvgIpc) is 2.46. The quantitative estimate of drug-likeness (QED) is 0.450. The number of nitrogens with zero attached hydrogens (tertiary/aromatic N) is 2. The summed E-state index contributed by atoms with van der Waals surface area (Å²) in [6.07, 6.45) is 1.33. The Balaban J connectivity index is 2.77. The predicted molar refractivity (Wildman–Crippen MR) is 87.7 cm³/mol. The first-order chi connectivity index (χ1) is 9.88. The maximum absolute atomic E-state index is 5.68. The number of rotatable bonds is 6. The number of aliphatic imine (C=N–C) groups is 2. The molecule has 0 fully saturated rings. The summed E-state index contributed by atoms with van der Waals surface area (Å²) in [7, 11) is 1.58. The molecule has 0 bridgehead atoms. The van der Waals surface area contributed by atoms with Crippen molar-refractivity contribution in [2.75, 3.05) is 7.11 Å². The largest absolute Gasteiger partial charge is 0.496 e. The summed E-state index contributed by atoms with van der Waals surface area (Å²) in [4.78, 5) is 7.64. The van der Waals surface area contributed by atoms with Gasteiger partial charge >= 0.3 is 0 Å². The van der Waals surface area contributed by atoms with Gasteiger partial charge in [-0.3, -0.25) is 4.99 Å². The molecule has 0 radical (unpaired) electrons. The standard InChI is InChI=1S/C17H24N2O2/c1-13(20-6)16(19-12-18-5)21-11-14-7-9-15(10-8-14)17(2,3)4/h7-10,12H,5,11H2,1-4,6H3/b16-13-,19-12?. The Labute approximate surface area is 127 Å². The molecule has 0 N–H and O–H groups in total. The van der Waals surface area contributed by atoms with Crippen molar-refractivity contribution in [2.45, 2.75) is 39.7 Å². The highest BCUT2D eigenvalue weighted by atomic mass is 16.5. The van der Waals surface area contributed by atoms with E-state index in [9.17, 15) is 0 Å². The second-order valence-corrected chi connectivity index (χ2v) is 5.73. The summed E-state index contributed by atoms with van der Waals surface area (Å²) >= 11 is 0. The number of ether oxygens (including phenoxy) is 2. The van der Waals surface area contributed by atoms with E-state index in [0.29, 0.717) is 18.2 Å². The highest BCUT2D eigenvalue weighted by Crippen LogP contribution is 2.22. The van der Waals surface area contributed by atoms with Crippen molar-refractivity contribution < 1.29 is 9.47 Å². The lowest BCUT2D eigenvalue weighted by molar-refractivity contribution is 0.165. The molecule has 114 valence electrons. The molecule has 1 aromatic rings. The lowest BCUT2D eigenvalue weighted by Crippen LogP contribution is -2.10. The molecule has 0 amide bonds. The van der Waals surface area contributed by atoms with Crippen LogP contribution in [0.15, 0.2) is 45.9 Å². The van der Waals surface area contributed by atoms with Crippen molar-refractivity contribution in [3.63, 3.8) is 0 Å². The van der Waals surface area contributed by atoms with Crippen molar-refractivity contribution in [1.29, 1.82) is 0 Å². The molecule has 21 heavy (non-hydrogen) atoms. The molecule has 0 spiro atoms. The first-order valence-electron chi connectivity index (χ1n) is 6.84. The molecule has 0 aliphatic carbocycles. The van der Waals surface area contributed by atoms with Crippen LogP contribution in [0.3, 0.4) is 0 Å². The average molecular weight is 288 g/mol. The maximum Gasteiger partial charge on any atom is 0.254 e. The Bertz CT molecular complexity index is 523. The summed E-state index contributed by atoms with van der Waals surface area (Å²) in [5.41, 5.74) is 2.52. The molecule has 0 aliphatic heterocycles. The van der Waals surface area contributed by atoms with Gasteiger partial charge in [0.05, 0.1) is 7.11 Å². The zero-order valence-electron chi connectivity index (χ0n) is 13.5. The van der Waals surface area contributed by atoms with Gasteiger partial charge in [-0.05, 0) is 30.2 Å². The molecule has 0 aliphatic rings. The van der Waals surface area contributed by atoms with E-state index >= 15 is 0 Å². The molecule has 0 saturated heterocycles. The number of benzene rings is 1. The third kappa shape index (κ3) is 5.42. The Kier molecular flexibility index (Phi) is 6.15. The molecule has 4 nitrogen and oxygen atoms in total. The van der Waals surface area contributed by atoms with Crippen molar-refractivity contribution in [3.05, 3.63) is 47.0 Å². The van der Waals surface area contributed by atoms with E-state index in [1.807, 2.05) is 0 Å². The molecular formula is C17H24N2O2. The van der Waals surface area contributed by atoms with Gasteiger partial charge < -0.3 is 9.47 Å². The van der Waals surface area contributed by atoms with Crippen LogP contribution in [0.4, 0.5) is 0 Å².